The molecule has 0 fully saturated rings. The quantitative estimate of drug-likeness (QED) is 0.357. The molecule has 48 valence electrons. The second kappa shape index (κ2) is 9.22. The normalized spacial score (nSPS) is 5.62. The predicted octanol–water partition coefficient (Wildman–Crippen LogP) is -1.01. The van der Waals surface area contributed by atoms with Crippen molar-refractivity contribution in [2.24, 2.45) is 5.73 Å². The van der Waals surface area contributed by atoms with Gasteiger partial charge in [0.05, 0.1) is 0 Å². The summed E-state index contributed by atoms with van der Waals surface area (Å²) in [7, 11) is 1.47. The van der Waals surface area contributed by atoms with Crippen molar-refractivity contribution in [3.8, 4) is 0 Å². The van der Waals surface area contributed by atoms with Gasteiger partial charge in [0.15, 0.2) is 0 Å². The third-order valence-electron chi connectivity index (χ3n) is 0.246. The van der Waals surface area contributed by atoms with Crippen LogP contribution in [0.25, 0.3) is 0 Å². The summed E-state index contributed by atoms with van der Waals surface area (Å²) in [5.41, 5.74) is 4.54. The Morgan fingerprint density at radius 2 is 2.00 bits per heavy atom. The maximum Gasteiger partial charge on any atom is 0.311 e. The van der Waals surface area contributed by atoms with E-state index in [1.54, 1.807) is 0 Å². The second-order valence-electron chi connectivity index (χ2n) is 0.720. The van der Waals surface area contributed by atoms with E-state index in [0.29, 0.717) is 0 Å². The lowest BCUT2D eigenvalue weighted by Gasteiger charge is -1.80. The van der Waals surface area contributed by atoms with Crippen molar-refractivity contribution in [3.63, 3.8) is 0 Å². The van der Waals surface area contributed by atoms with Crippen LogP contribution >= 0.6 is 0 Å². The fourth-order valence-corrected chi connectivity index (χ4v) is 0. The van der Waals surface area contributed by atoms with E-state index >= 15 is 0 Å². The van der Waals surface area contributed by atoms with Gasteiger partial charge in [0.1, 0.15) is 0 Å². The van der Waals surface area contributed by atoms with Gasteiger partial charge in [0.25, 0.3) is 6.47 Å². The maximum atomic E-state index is 9.48. The number of rotatable bonds is 0. The van der Waals surface area contributed by atoms with Crippen molar-refractivity contribution >= 4 is 12.5 Å². The third kappa shape index (κ3) is 121. The summed E-state index contributed by atoms with van der Waals surface area (Å²) in [5, 5.41) is 9.06. The van der Waals surface area contributed by atoms with Crippen LogP contribution in [0.5, 0.6) is 0 Å². The Bertz CT molecular complexity index is 72.9. The smallest absolute Gasteiger partial charge is 0.311 e. The predicted molar refractivity (Wildman–Crippen MR) is 27.3 cm³/mol. The molecule has 2 amide bonds. The molecule has 5 heteroatoms. The summed E-state index contributed by atoms with van der Waals surface area (Å²) in [4.78, 5) is 17.8. The summed E-state index contributed by atoms with van der Waals surface area (Å²) >= 11 is 0. The number of nitrogens with one attached hydrogen (secondary N) is 1. The monoisotopic (exact) mass is 120 g/mol. The fraction of sp³-hybridized carbons (Fsp3) is 0.333. The van der Waals surface area contributed by atoms with Gasteiger partial charge >= 0.3 is 6.03 Å². The Labute approximate surface area is 46.5 Å². The van der Waals surface area contributed by atoms with Crippen molar-refractivity contribution < 1.29 is 14.7 Å². The highest BCUT2D eigenvalue weighted by atomic mass is 16.3. The van der Waals surface area contributed by atoms with Gasteiger partial charge in [-0.25, -0.2) is 4.79 Å². The van der Waals surface area contributed by atoms with Crippen LogP contribution in [0, 0.1) is 0 Å². The first-order chi connectivity index (χ1) is 3.68. The third-order valence-corrected chi connectivity index (χ3v) is 0.246. The van der Waals surface area contributed by atoms with Crippen molar-refractivity contribution in [3.05, 3.63) is 0 Å². The fourth-order valence-electron chi connectivity index (χ4n) is 0. The molecule has 0 saturated heterocycles. The Kier molecular flexibility index (Phi) is 11.4. The highest BCUT2D eigenvalue weighted by molar-refractivity contribution is 5.71. The first kappa shape index (κ1) is 9.88. The molecule has 0 bridgehead atoms. The summed E-state index contributed by atoms with van der Waals surface area (Å²) in [5.74, 6) is 0. The van der Waals surface area contributed by atoms with Crippen molar-refractivity contribution in [2.45, 2.75) is 0 Å². The van der Waals surface area contributed by atoms with Gasteiger partial charge in [-0.3, -0.25) is 4.79 Å². The van der Waals surface area contributed by atoms with Gasteiger partial charge in [-0.1, -0.05) is 0 Å². The highest BCUT2D eigenvalue weighted by Crippen LogP contribution is 1.38. The Hall–Kier alpha value is -1.26. The summed E-state index contributed by atoms with van der Waals surface area (Å²) in [6, 6.07) is -0.495. The van der Waals surface area contributed by atoms with Gasteiger partial charge in [-0.15, -0.1) is 0 Å². The molecule has 0 aliphatic carbocycles. The van der Waals surface area contributed by atoms with Crippen LogP contribution in [0.3, 0.4) is 0 Å². The average molecular weight is 120 g/mol. The molecule has 0 unspecified atom stereocenters. The molecule has 0 aromatic carbocycles. The van der Waals surface area contributed by atoms with Crippen LogP contribution in [0.1, 0.15) is 0 Å². The standard InChI is InChI=1S/C2H6N2O.CH2O2/c1-4-2(3)5;2-1-3/h1H3,(H3,3,4,5);1H,(H,2,3). The topological polar surface area (TPSA) is 92.4 Å². The van der Waals surface area contributed by atoms with E-state index in [9.17, 15) is 4.79 Å². The molecule has 0 heterocycles. The zero-order valence-electron chi connectivity index (χ0n) is 4.42. The number of amides is 2. The summed E-state index contributed by atoms with van der Waals surface area (Å²) < 4.78 is 0. The second-order valence-corrected chi connectivity index (χ2v) is 0.720. The minimum absolute atomic E-state index is 0.250. The minimum atomic E-state index is -0.495. The number of primary amides is 1. The highest BCUT2D eigenvalue weighted by Gasteiger charge is 1.72. The Morgan fingerprint density at radius 1 is 1.88 bits per heavy atom. The molecule has 0 aliphatic rings. The van der Waals surface area contributed by atoms with Gasteiger partial charge in [0.2, 0.25) is 0 Å². The number of hydrogen-bond acceptors (Lipinski definition) is 2. The van der Waals surface area contributed by atoms with E-state index in [-0.39, 0.29) is 6.47 Å². The van der Waals surface area contributed by atoms with Gasteiger partial charge in [0, 0.05) is 7.05 Å². The lowest BCUT2D eigenvalue weighted by Crippen LogP contribution is -2.24. The molecular weight excluding hydrogens is 112 g/mol. The van der Waals surface area contributed by atoms with Crippen LogP contribution < -0.4 is 11.1 Å². The number of carbonyl (C=O) groups is 2. The zero-order chi connectivity index (χ0) is 6.99. The Balaban J connectivity index is 0. The Morgan fingerprint density at radius 3 is 2.00 bits per heavy atom. The lowest BCUT2D eigenvalue weighted by atomic mass is 11.1. The van der Waals surface area contributed by atoms with Crippen LogP contribution in [0.2, 0.25) is 0 Å². The average Bonchev–Trinajstić information content (AvgIpc) is 1.69. The summed E-state index contributed by atoms with van der Waals surface area (Å²) in [6.07, 6.45) is 0. The molecule has 0 atom stereocenters. The molecular formula is C3H8N2O3. The number of urea groups is 1. The molecule has 8 heavy (non-hydrogen) atoms. The summed E-state index contributed by atoms with van der Waals surface area (Å²) in [6.45, 7) is -0.250. The van der Waals surface area contributed by atoms with Crippen LogP contribution in [-0.2, 0) is 4.79 Å². The maximum absolute atomic E-state index is 9.48. The van der Waals surface area contributed by atoms with E-state index < -0.39 is 6.03 Å². The number of carboxylic acid groups (broad SMARTS) is 1. The van der Waals surface area contributed by atoms with Crippen LogP contribution in [0.4, 0.5) is 4.79 Å². The van der Waals surface area contributed by atoms with Gasteiger partial charge in [-0.2, -0.15) is 0 Å². The molecule has 5 nitrogen and oxygen atoms in total. The molecule has 0 aliphatic heterocycles. The largest absolute Gasteiger partial charge is 0.483 e. The lowest BCUT2D eigenvalue weighted by molar-refractivity contribution is -0.122. The van der Waals surface area contributed by atoms with Crippen LogP contribution in [0.15, 0.2) is 0 Å². The number of hydrogen-bond donors (Lipinski definition) is 3. The van der Waals surface area contributed by atoms with Crippen LogP contribution in [-0.4, -0.2) is 24.7 Å². The van der Waals surface area contributed by atoms with E-state index in [2.05, 4.69) is 11.1 Å². The van der Waals surface area contributed by atoms with E-state index in [4.69, 9.17) is 9.90 Å². The van der Waals surface area contributed by atoms with E-state index in [1.807, 2.05) is 0 Å². The van der Waals surface area contributed by atoms with Gasteiger partial charge in [-0.05, 0) is 0 Å². The van der Waals surface area contributed by atoms with Crippen molar-refractivity contribution in [1.29, 1.82) is 0 Å². The molecule has 0 aromatic heterocycles. The number of carbonyl (C=O) groups excluding carboxylic acids is 1. The number of nitrogens with two attached hydrogens (primary N) is 1. The van der Waals surface area contributed by atoms with Gasteiger partial charge < -0.3 is 16.2 Å². The minimum Gasteiger partial charge on any atom is -0.483 e. The molecule has 0 saturated carbocycles. The first-order valence-electron chi connectivity index (χ1n) is 1.74. The molecule has 0 rings (SSSR count). The first-order valence-corrected chi connectivity index (χ1v) is 1.74. The van der Waals surface area contributed by atoms with Crippen molar-refractivity contribution in [1.82, 2.24) is 5.32 Å². The molecule has 0 radical (unpaired) electrons. The molecule has 4 N–H and O–H groups in total. The van der Waals surface area contributed by atoms with E-state index in [1.165, 1.54) is 7.05 Å². The van der Waals surface area contributed by atoms with Crippen molar-refractivity contribution in [2.75, 3.05) is 7.05 Å². The molecule has 0 aromatic rings. The zero-order valence-corrected chi connectivity index (χ0v) is 4.42. The molecule has 0 spiro atoms. The SMILES string of the molecule is CNC(N)=O.O=CO. The van der Waals surface area contributed by atoms with E-state index in [0.717, 1.165) is 0 Å².